The topological polar surface area (TPSA) is 113 Å². The number of rotatable bonds is 6. The van der Waals surface area contributed by atoms with Gasteiger partial charge in [0.05, 0.1) is 18.4 Å². The van der Waals surface area contributed by atoms with Crippen molar-refractivity contribution in [3.8, 4) is 0 Å². The van der Waals surface area contributed by atoms with E-state index in [1.165, 1.54) is 4.90 Å². The minimum atomic E-state index is -0.118. The Kier molecular flexibility index (Phi) is 4.67. The van der Waals surface area contributed by atoms with Crippen LogP contribution in [0.5, 0.6) is 0 Å². The highest BCUT2D eigenvalue weighted by molar-refractivity contribution is 6.06. The van der Waals surface area contributed by atoms with Gasteiger partial charge in [0, 0.05) is 20.1 Å². The SMILES string of the molecule is CN=C(NCCCN1C(=O)C2C3C=CC(C3)C2C1=O)NCc1nc(C)no1. The first kappa shape index (κ1) is 17.7. The lowest BCUT2D eigenvalue weighted by Gasteiger charge is -2.17. The van der Waals surface area contributed by atoms with Crippen LogP contribution in [0.15, 0.2) is 21.7 Å². The summed E-state index contributed by atoms with van der Waals surface area (Å²) in [5.74, 6) is 1.98. The number of imide groups is 1. The van der Waals surface area contributed by atoms with Gasteiger partial charge in [-0.15, -0.1) is 0 Å². The number of likely N-dealkylation sites (tertiary alicyclic amines) is 1. The van der Waals surface area contributed by atoms with Crippen LogP contribution in [0.3, 0.4) is 0 Å². The molecule has 0 aromatic carbocycles. The molecule has 1 aliphatic heterocycles. The molecule has 1 saturated heterocycles. The number of carbonyl (C=O) groups excluding carboxylic acids is 2. The minimum absolute atomic E-state index is 0.0103. The highest BCUT2D eigenvalue weighted by atomic mass is 16.5. The number of fused-ring (bicyclic) bond motifs is 5. The van der Waals surface area contributed by atoms with Gasteiger partial charge in [-0.2, -0.15) is 4.98 Å². The number of hydrogen-bond acceptors (Lipinski definition) is 6. The van der Waals surface area contributed by atoms with Gasteiger partial charge in [-0.3, -0.25) is 19.5 Å². The number of nitrogens with zero attached hydrogens (tertiary/aromatic N) is 4. The smallest absolute Gasteiger partial charge is 0.246 e. The molecule has 1 aromatic heterocycles. The second-order valence-corrected chi connectivity index (χ2v) is 7.27. The maximum atomic E-state index is 12.6. The summed E-state index contributed by atoms with van der Waals surface area (Å²) in [7, 11) is 1.67. The molecule has 2 aliphatic carbocycles. The number of aliphatic imine (C=N–C) groups is 1. The van der Waals surface area contributed by atoms with Crippen LogP contribution in [-0.4, -0.2) is 53.0 Å². The van der Waals surface area contributed by atoms with Crippen molar-refractivity contribution in [3.63, 3.8) is 0 Å². The summed E-state index contributed by atoms with van der Waals surface area (Å²) in [5, 5.41) is 9.98. The van der Waals surface area contributed by atoms with Crippen molar-refractivity contribution in [3.05, 3.63) is 23.9 Å². The van der Waals surface area contributed by atoms with E-state index in [1.807, 2.05) is 0 Å². The van der Waals surface area contributed by atoms with E-state index in [0.29, 0.717) is 43.7 Å². The van der Waals surface area contributed by atoms with Crippen LogP contribution in [0.25, 0.3) is 0 Å². The Labute approximate surface area is 157 Å². The van der Waals surface area contributed by atoms with Gasteiger partial charge in [0.2, 0.25) is 17.7 Å². The number of aryl methyl sites for hydroxylation is 1. The maximum absolute atomic E-state index is 12.6. The van der Waals surface area contributed by atoms with E-state index >= 15 is 0 Å². The molecule has 9 heteroatoms. The normalized spacial score (nSPS) is 29.0. The first-order valence-electron chi connectivity index (χ1n) is 9.35. The Morgan fingerprint density at radius 3 is 2.56 bits per heavy atom. The molecular weight excluding hydrogens is 348 g/mol. The largest absolute Gasteiger partial charge is 0.356 e. The molecule has 3 aliphatic rings. The molecule has 9 nitrogen and oxygen atoms in total. The van der Waals surface area contributed by atoms with E-state index in [1.54, 1.807) is 14.0 Å². The molecule has 2 bridgehead atoms. The summed E-state index contributed by atoms with van der Waals surface area (Å²) in [4.78, 5) is 35.0. The fraction of sp³-hybridized carbons (Fsp3) is 0.611. The molecule has 2 N–H and O–H groups in total. The molecule has 27 heavy (non-hydrogen) atoms. The van der Waals surface area contributed by atoms with E-state index in [2.05, 4.69) is 37.9 Å². The van der Waals surface area contributed by atoms with Crippen LogP contribution in [0, 0.1) is 30.6 Å². The van der Waals surface area contributed by atoms with Crippen LogP contribution >= 0.6 is 0 Å². The van der Waals surface area contributed by atoms with E-state index in [4.69, 9.17) is 4.52 Å². The summed E-state index contributed by atoms with van der Waals surface area (Å²) in [5.41, 5.74) is 0. The molecule has 4 rings (SSSR count). The van der Waals surface area contributed by atoms with Gasteiger partial charge >= 0.3 is 0 Å². The van der Waals surface area contributed by atoms with E-state index in [0.717, 1.165) is 6.42 Å². The van der Waals surface area contributed by atoms with Crippen LogP contribution in [0.4, 0.5) is 0 Å². The predicted octanol–water partition coefficient (Wildman–Crippen LogP) is 0.240. The van der Waals surface area contributed by atoms with Crippen molar-refractivity contribution in [1.82, 2.24) is 25.7 Å². The Hall–Kier alpha value is -2.71. The molecule has 1 saturated carbocycles. The van der Waals surface area contributed by atoms with Crippen molar-refractivity contribution in [2.75, 3.05) is 20.1 Å². The Morgan fingerprint density at radius 2 is 1.96 bits per heavy atom. The number of amides is 2. The highest BCUT2D eigenvalue weighted by Crippen LogP contribution is 2.52. The molecule has 2 heterocycles. The summed E-state index contributed by atoms with van der Waals surface area (Å²) >= 11 is 0. The molecule has 144 valence electrons. The third-order valence-corrected chi connectivity index (χ3v) is 5.61. The zero-order valence-electron chi connectivity index (χ0n) is 15.5. The van der Waals surface area contributed by atoms with Crippen LogP contribution in [0.1, 0.15) is 24.6 Å². The van der Waals surface area contributed by atoms with Crippen molar-refractivity contribution in [1.29, 1.82) is 0 Å². The lowest BCUT2D eigenvalue weighted by molar-refractivity contribution is -0.140. The number of aromatic nitrogens is 2. The average Bonchev–Trinajstić information content (AvgIpc) is 3.42. The molecule has 1 aromatic rings. The third kappa shape index (κ3) is 3.22. The maximum Gasteiger partial charge on any atom is 0.246 e. The molecular formula is C18H24N6O3. The number of carbonyl (C=O) groups is 2. The standard InChI is InChI=1S/C18H24N6O3/c1-10-22-13(27-23-10)9-21-18(19-2)20-6-3-7-24-16(25)14-11-4-5-12(8-11)15(14)17(24)26/h4-5,11-12,14-15H,3,6-9H2,1-2H3,(H2,19,20,21). The fourth-order valence-corrected chi connectivity index (χ4v) is 4.42. The van der Waals surface area contributed by atoms with Crippen LogP contribution < -0.4 is 10.6 Å². The number of hydrogen-bond donors (Lipinski definition) is 2. The quantitative estimate of drug-likeness (QED) is 0.242. The van der Waals surface area contributed by atoms with Crippen molar-refractivity contribution in [2.45, 2.75) is 26.3 Å². The monoisotopic (exact) mass is 372 g/mol. The zero-order valence-corrected chi connectivity index (χ0v) is 15.5. The van der Waals surface area contributed by atoms with Crippen LogP contribution in [-0.2, 0) is 16.1 Å². The summed E-state index contributed by atoms with van der Waals surface area (Å²) < 4.78 is 5.04. The molecule has 0 radical (unpaired) electrons. The first-order valence-corrected chi connectivity index (χ1v) is 9.35. The molecule has 2 fully saturated rings. The van der Waals surface area contributed by atoms with Crippen molar-refractivity contribution >= 4 is 17.8 Å². The fourth-order valence-electron chi connectivity index (χ4n) is 4.42. The van der Waals surface area contributed by atoms with E-state index in [9.17, 15) is 9.59 Å². The summed E-state index contributed by atoms with van der Waals surface area (Å²) in [6, 6.07) is 0. The molecule has 4 unspecified atom stereocenters. The average molecular weight is 372 g/mol. The minimum Gasteiger partial charge on any atom is -0.356 e. The molecule has 0 spiro atoms. The number of allylic oxidation sites excluding steroid dienone is 2. The number of guanidine groups is 1. The second kappa shape index (κ2) is 7.13. The lowest BCUT2D eigenvalue weighted by atomic mass is 9.85. The third-order valence-electron chi connectivity index (χ3n) is 5.61. The highest BCUT2D eigenvalue weighted by Gasteiger charge is 2.58. The Morgan fingerprint density at radius 1 is 1.26 bits per heavy atom. The number of nitrogens with one attached hydrogen (secondary N) is 2. The molecule has 2 amide bonds. The van der Waals surface area contributed by atoms with E-state index < -0.39 is 0 Å². The van der Waals surface area contributed by atoms with Crippen molar-refractivity contribution in [2.24, 2.45) is 28.7 Å². The summed E-state index contributed by atoms with van der Waals surface area (Å²) in [6.45, 7) is 3.18. The van der Waals surface area contributed by atoms with Gasteiger partial charge < -0.3 is 15.2 Å². The predicted molar refractivity (Wildman–Crippen MR) is 96.3 cm³/mol. The van der Waals surface area contributed by atoms with Crippen molar-refractivity contribution < 1.29 is 14.1 Å². The lowest BCUT2D eigenvalue weighted by Crippen LogP contribution is -2.39. The van der Waals surface area contributed by atoms with Gasteiger partial charge in [-0.1, -0.05) is 17.3 Å². The summed E-state index contributed by atoms with van der Waals surface area (Å²) in [6.07, 6.45) is 5.86. The van der Waals surface area contributed by atoms with Crippen LogP contribution in [0.2, 0.25) is 0 Å². The first-order chi connectivity index (χ1) is 13.1. The zero-order chi connectivity index (χ0) is 19.0. The molecule has 4 atom stereocenters. The van der Waals surface area contributed by atoms with E-state index in [-0.39, 0.29) is 35.5 Å². The second-order valence-electron chi connectivity index (χ2n) is 7.27. The van der Waals surface area contributed by atoms with Gasteiger partial charge in [-0.05, 0) is 31.6 Å². The van der Waals surface area contributed by atoms with Gasteiger partial charge in [-0.25, -0.2) is 0 Å². The van der Waals surface area contributed by atoms with Gasteiger partial charge in [0.25, 0.3) is 0 Å². The Balaban J connectivity index is 1.22. The Bertz CT molecular complexity index is 771. The van der Waals surface area contributed by atoms with Gasteiger partial charge in [0.15, 0.2) is 11.8 Å². The van der Waals surface area contributed by atoms with Gasteiger partial charge in [0.1, 0.15) is 0 Å².